The van der Waals surface area contributed by atoms with Crippen LogP contribution in [0.2, 0.25) is 0 Å². The summed E-state index contributed by atoms with van der Waals surface area (Å²) in [5, 5.41) is 0.295. The summed E-state index contributed by atoms with van der Waals surface area (Å²) in [5.74, 6) is -1.78. The third kappa shape index (κ3) is 4.88. The molecule has 3 rings (SSSR count). The third-order valence-electron chi connectivity index (χ3n) is 4.36. The second-order valence-corrected chi connectivity index (χ2v) is 8.16. The van der Waals surface area contributed by atoms with Crippen LogP contribution in [-0.4, -0.2) is 38.2 Å². The number of anilines is 1. The van der Waals surface area contributed by atoms with Gasteiger partial charge in [0.1, 0.15) is 22.7 Å². The smallest absolute Gasteiger partial charge is 0.332 e. The molecule has 0 unspecified atom stereocenters. The molecule has 2 aromatic heterocycles. The molecule has 0 atom stereocenters. The number of aromatic nitrogens is 3. The van der Waals surface area contributed by atoms with Crippen molar-refractivity contribution in [3.63, 3.8) is 0 Å². The number of thioether (sulfide) groups is 1. The zero-order valence-corrected chi connectivity index (χ0v) is 18.1. The maximum Gasteiger partial charge on any atom is 0.332 e. The van der Waals surface area contributed by atoms with Gasteiger partial charge in [-0.3, -0.25) is 23.5 Å². The topological polar surface area (TPSA) is 139 Å². The lowest BCUT2D eigenvalue weighted by molar-refractivity contribution is -0.139. The van der Waals surface area contributed by atoms with Crippen molar-refractivity contribution in [3.8, 4) is 0 Å². The summed E-state index contributed by atoms with van der Waals surface area (Å²) in [6.45, 7) is 3.30. The minimum Gasteiger partial charge on any atom is -0.457 e. The van der Waals surface area contributed by atoms with Crippen molar-refractivity contribution in [3.05, 3.63) is 50.7 Å². The highest BCUT2D eigenvalue weighted by Crippen LogP contribution is 2.23. The van der Waals surface area contributed by atoms with Crippen molar-refractivity contribution >= 4 is 40.4 Å². The quantitative estimate of drug-likeness (QED) is 0.309. The Labute approximate surface area is 181 Å². The van der Waals surface area contributed by atoms with Gasteiger partial charge in [0.2, 0.25) is 5.78 Å². The second-order valence-electron chi connectivity index (χ2n) is 7.23. The van der Waals surface area contributed by atoms with Crippen LogP contribution in [0.25, 0.3) is 11.1 Å². The number of ether oxygens (including phenoxy) is 1. The minimum absolute atomic E-state index is 0.0576. The van der Waals surface area contributed by atoms with Gasteiger partial charge in [0, 0.05) is 13.6 Å². The largest absolute Gasteiger partial charge is 0.457 e. The Hall–Kier alpha value is -3.34. The van der Waals surface area contributed by atoms with E-state index in [1.165, 1.54) is 11.6 Å². The van der Waals surface area contributed by atoms with Crippen molar-refractivity contribution in [1.82, 2.24) is 14.1 Å². The number of carbonyl (C=O) groups is 2. The summed E-state index contributed by atoms with van der Waals surface area (Å²) in [6, 6.07) is 7.16. The fourth-order valence-electron chi connectivity index (χ4n) is 2.88. The minimum atomic E-state index is -0.829. The highest BCUT2D eigenvalue weighted by atomic mass is 32.2. The number of Topliss-reactive ketones (excluding diaryl/α,β-unsaturated/α-hetero) is 1. The van der Waals surface area contributed by atoms with E-state index in [1.807, 2.05) is 26.0 Å². The number of para-hydroxylation sites is 2. The normalized spacial score (nSPS) is 11.2. The van der Waals surface area contributed by atoms with E-state index in [4.69, 9.17) is 14.9 Å². The van der Waals surface area contributed by atoms with Crippen LogP contribution in [0.3, 0.4) is 0 Å². The van der Waals surface area contributed by atoms with Gasteiger partial charge in [0.05, 0.1) is 0 Å². The standard InChI is InChI=1S/C20H22N4O6S/c1-11(2)8-24-17(21)16(18(27)23(3)20(24)28)13(25)9-29-15(26)10-31-19-22-12-6-4-5-7-14(12)30-19/h4-7,11H,8-10,21H2,1-3H3. The lowest BCUT2D eigenvalue weighted by atomic mass is 10.1. The summed E-state index contributed by atoms with van der Waals surface area (Å²) in [4.78, 5) is 53.5. The molecule has 0 aliphatic carbocycles. The number of hydrogen-bond donors (Lipinski definition) is 1. The number of fused-ring (bicyclic) bond motifs is 1. The van der Waals surface area contributed by atoms with Gasteiger partial charge in [0.25, 0.3) is 10.8 Å². The molecule has 2 heterocycles. The van der Waals surface area contributed by atoms with E-state index in [1.54, 1.807) is 12.1 Å². The van der Waals surface area contributed by atoms with Gasteiger partial charge in [0.15, 0.2) is 12.2 Å². The SMILES string of the molecule is CC(C)Cn1c(N)c(C(=O)COC(=O)CSc2nc3ccccc3o2)c(=O)n(C)c1=O. The molecule has 31 heavy (non-hydrogen) atoms. The number of nitrogens with two attached hydrogens (primary N) is 1. The number of benzene rings is 1. The van der Waals surface area contributed by atoms with Gasteiger partial charge in [-0.2, -0.15) is 0 Å². The number of esters is 1. The molecule has 0 bridgehead atoms. The Balaban J connectivity index is 1.67. The van der Waals surface area contributed by atoms with Crippen molar-refractivity contribution in [1.29, 1.82) is 0 Å². The molecule has 0 spiro atoms. The van der Waals surface area contributed by atoms with Crippen LogP contribution >= 0.6 is 11.8 Å². The van der Waals surface area contributed by atoms with E-state index in [-0.39, 0.29) is 29.6 Å². The fraction of sp³-hybridized carbons (Fsp3) is 0.350. The predicted octanol–water partition coefficient (Wildman–Crippen LogP) is 1.44. The molecule has 0 amide bonds. The van der Waals surface area contributed by atoms with E-state index < -0.39 is 29.6 Å². The molecule has 0 radical (unpaired) electrons. The lowest BCUT2D eigenvalue weighted by Crippen LogP contribution is -2.43. The monoisotopic (exact) mass is 446 g/mol. The van der Waals surface area contributed by atoms with Gasteiger partial charge in [-0.05, 0) is 18.1 Å². The average molecular weight is 446 g/mol. The van der Waals surface area contributed by atoms with Gasteiger partial charge in [-0.1, -0.05) is 37.7 Å². The average Bonchev–Trinajstić information content (AvgIpc) is 3.15. The number of rotatable bonds is 8. The molecule has 1 aromatic carbocycles. The maximum absolute atomic E-state index is 12.6. The van der Waals surface area contributed by atoms with Crippen LogP contribution in [0.1, 0.15) is 24.2 Å². The van der Waals surface area contributed by atoms with Crippen LogP contribution in [0.5, 0.6) is 0 Å². The number of carbonyl (C=O) groups excluding carboxylic acids is 2. The predicted molar refractivity (Wildman–Crippen MR) is 115 cm³/mol. The molecule has 11 heteroatoms. The third-order valence-corrected chi connectivity index (χ3v) is 5.16. The summed E-state index contributed by atoms with van der Waals surface area (Å²) in [5.41, 5.74) is 5.39. The van der Waals surface area contributed by atoms with Gasteiger partial charge < -0.3 is 14.9 Å². The lowest BCUT2D eigenvalue weighted by Gasteiger charge is -2.16. The first-order valence-corrected chi connectivity index (χ1v) is 10.4. The van der Waals surface area contributed by atoms with Crippen molar-refractivity contribution in [2.45, 2.75) is 25.6 Å². The molecule has 2 N–H and O–H groups in total. The molecule has 0 saturated carbocycles. The summed E-state index contributed by atoms with van der Waals surface area (Å²) < 4.78 is 12.5. The van der Waals surface area contributed by atoms with Crippen LogP contribution in [-0.2, 0) is 23.1 Å². The Morgan fingerprint density at radius 3 is 2.65 bits per heavy atom. The molecule has 3 aromatic rings. The van der Waals surface area contributed by atoms with E-state index in [0.717, 1.165) is 16.3 Å². The Bertz CT molecular complexity index is 1220. The number of hydrogen-bond acceptors (Lipinski definition) is 9. The number of ketones is 1. The first kappa shape index (κ1) is 22.3. The van der Waals surface area contributed by atoms with E-state index in [0.29, 0.717) is 16.3 Å². The fourth-order valence-corrected chi connectivity index (χ4v) is 3.52. The highest BCUT2D eigenvalue weighted by Gasteiger charge is 2.23. The van der Waals surface area contributed by atoms with E-state index in [9.17, 15) is 19.2 Å². The molecule has 0 saturated heterocycles. The number of nitrogens with zero attached hydrogens (tertiary/aromatic N) is 3. The second kappa shape index (κ2) is 9.21. The molecule has 10 nitrogen and oxygen atoms in total. The first-order chi connectivity index (χ1) is 14.7. The Morgan fingerprint density at radius 2 is 1.97 bits per heavy atom. The van der Waals surface area contributed by atoms with Crippen molar-refractivity contribution in [2.24, 2.45) is 13.0 Å². The highest BCUT2D eigenvalue weighted by molar-refractivity contribution is 7.99. The van der Waals surface area contributed by atoms with Crippen LogP contribution in [0, 0.1) is 5.92 Å². The van der Waals surface area contributed by atoms with Crippen LogP contribution < -0.4 is 17.0 Å². The first-order valence-electron chi connectivity index (χ1n) is 9.45. The zero-order valence-electron chi connectivity index (χ0n) is 17.3. The Kier molecular flexibility index (Phi) is 6.64. The zero-order chi connectivity index (χ0) is 22.7. The van der Waals surface area contributed by atoms with Crippen LogP contribution in [0.15, 0.2) is 43.5 Å². The van der Waals surface area contributed by atoms with Gasteiger partial charge in [-0.15, -0.1) is 0 Å². The van der Waals surface area contributed by atoms with Gasteiger partial charge >= 0.3 is 11.7 Å². The van der Waals surface area contributed by atoms with Crippen LogP contribution in [0.4, 0.5) is 5.82 Å². The van der Waals surface area contributed by atoms with Crippen molar-refractivity contribution < 1.29 is 18.7 Å². The summed E-state index contributed by atoms with van der Waals surface area (Å²) in [7, 11) is 1.26. The maximum atomic E-state index is 12.6. The molecular weight excluding hydrogens is 424 g/mol. The molecular formula is C20H22N4O6S. The van der Waals surface area contributed by atoms with Crippen molar-refractivity contribution in [2.75, 3.05) is 18.1 Å². The van der Waals surface area contributed by atoms with Gasteiger partial charge in [-0.25, -0.2) is 9.78 Å². The van der Waals surface area contributed by atoms with E-state index in [2.05, 4.69) is 4.98 Å². The molecule has 0 aliphatic heterocycles. The summed E-state index contributed by atoms with van der Waals surface area (Å²) in [6.07, 6.45) is 0. The number of nitrogen functional groups attached to an aromatic ring is 1. The molecule has 164 valence electrons. The Morgan fingerprint density at radius 1 is 1.26 bits per heavy atom. The summed E-state index contributed by atoms with van der Waals surface area (Å²) >= 11 is 1.02. The number of oxazole rings is 1. The molecule has 0 aliphatic rings. The van der Waals surface area contributed by atoms with E-state index >= 15 is 0 Å². The molecule has 0 fully saturated rings.